The summed E-state index contributed by atoms with van der Waals surface area (Å²) in [7, 11) is 0. The molecule has 0 aliphatic carbocycles. The lowest BCUT2D eigenvalue weighted by Crippen LogP contribution is -2.38. The van der Waals surface area contributed by atoms with Crippen LogP contribution in [-0.2, 0) is 0 Å². The number of nitrogens with one attached hydrogen (secondary N) is 1. The summed E-state index contributed by atoms with van der Waals surface area (Å²) in [5.74, 6) is 0.454. The summed E-state index contributed by atoms with van der Waals surface area (Å²) in [5.41, 5.74) is 1.39. The third-order valence-corrected chi connectivity index (χ3v) is 6.25. The van der Waals surface area contributed by atoms with E-state index in [9.17, 15) is 9.59 Å². The summed E-state index contributed by atoms with van der Waals surface area (Å²) in [5, 5.41) is 6.86. The van der Waals surface area contributed by atoms with Crippen LogP contribution in [-0.4, -0.2) is 45.3 Å². The molecule has 7 nitrogen and oxygen atoms in total. The molecule has 0 spiro atoms. The van der Waals surface area contributed by atoms with Crippen molar-refractivity contribution >= 4 is 57.4 Å². The zero-order valence-electron chi connectivity index (χ0n) is 15.1. The van der Waals surface area contributed by atoms with E-state index in [0.717, 1.165) is 0 Å². The van der Waals surface area contributed by atoms with Crippen LogP contribution in [0.2, 0.25) is 0 Å². The average Bonchev–Trinajstić information content (AvgIpc) is 3.54. The molecule has 29 heavy (non-hydrogen) atoms. The maximum absolute atomic E-state index is 13.2. The van der Waals surface area contributed by atoms with Crippen LogP contribution in [0.3, 0.4) is 0 Å². The van der Waals surface area contributed by atoms with E-state index in [2.05, 4.69) is 15.3 Å². The van der Waals surface area contributed by atoms with E-state index < -0.39 is 0 Å². The van der Waals surface area contributed by atoms with Gasteiger partial charge in [-0.3, -0.25) is 24.8 Å². The van der Waals surface area contributed by atoms with E-state index in [1.165, 1.54) is 27.2 Å². The van der Waals surface area contributed by atoms with E-state index in [0.29, 0.717) is 45.8 Å². The number of imidazole rings is 1. The Bertz CT molecular complexity index is 1230. The normalized spacial score (nSPS) is 13.7. The van der Waals surface area contributed by atoms with Gasteiger partial charge >= 0.3 is 0 Å². The summed E-state index contributed by atoms with van der Waals surface area (Å²) in [6.45, 7) is 0.983. The quantitative estimate of drug-likeness (QED) is 0.546. The molecule has 4 heterocycles. The second-order valence-electron chi connectivity index (χ2n) is 6.31. The first-order chi connectivity index (χ1) is 14.2. The number of aliphatic imine (C=N–C) groups is 1. The van der Waals surface area contributed by atoms with Crippen molar-refractivity contribution in [2.75, 3.05) is 18.4 Å². The third-order valence-electron chi connectivity index (χ3n) is 4.54. The number of hydrogen-bond donors (Lipinski definition) is 1. The molecular weight excluding hydrogens is 406 g/mol. The Balaban J connectivity index is 1.53. The Morgan fingerprint density at radius 3 is 2.38 bits per heavy atom. The minimum absolute atomic E-state index is 0.115. The largest absolute Gasteiger partial charge is 0.295 e. The molecule has 1 aliphatic heterocycles. The first kappa shape index (κ1) is 17.8. The van der Waals surface area contributed by atoms with Crippen molar-refractivity contribution in [2.24, 2.45) is 4.99 Å². The fraction of sp³-hybridized carbons (Fsp3) is 0.100. The van der Waals surface area contributed by atoms with Crippen molar-refractivity contribution in [2.45, 2.75) is 0 Å². The minimum atomic E-state index is -0.175. The van der Waals surface area contributed by atoms with Crippen molar-refractivity contribution < 1.29 is 9.59 Å². The lowest BCUT2D eigenvalue weighted by Gasteiger charge is -2.18. The zero-order valence-corrected chi connectivity index (χ0v) is 16.7. The summed E-state index contributed by atoms with van der Waals surface area (Å²) in [6.07, 6.45) is 0. The molecule has 0 fully saturated rings. The number of fused-ring (bicyclic) bond motifs is 1. The Kier molecular flexibility index (Phi) is 4.45. The maximum atomic E-state index is 13.2. The third kappa shape index (κ3) is 3.14. The van der Waals surface area contributed by atoms with Crippen LogP contribution in [0.1, 0.15) is 19.3 Å². The standard InChI is InChI=1S/C20H15N5O2S2/c26-17(15-7-3-11-28-15)24-10-9-21-19(24)23-20-22-13-5-1-2-6-14(13)25(20)18(27)16-8-4-12-29-16/h1-8,11-12H,9-10H2,(H,21,22,23). The van der Waals surface area contributed by atoms with Crippen molar-refractivity contribution in [3.05, 3.63) is 69.0 Å². The van der Waals surface area contributed by atoms with Crippen LogP contribution in [0.4, 0.5) is 5.95 Å². The van der Waals surface area contributed by atoms with Gasteiger partial charge in [0, 0.05) is 6.54 Å². The number of anilines is 1. The molecule has 1 aromatic carbocycles. The number of amides is 1. The SMILES string of the molecule is O=C(c1cccs1)N1CCN=C1Nc1nc2ccccc2n1C(=O)c1cccs1. The molecule has 1 N–H and O–H groups in total. The zero-order chi connectivity index (χ0) is 19.8. The van der Waals surface area contributed by atoms with E-state index in [4.69, 9.17) is 0 Å². The Labute approximate surface area is 173 Å². The van der Waals surface area contributed by atoms with Gasteiger partial charge in [0.25, 0.3) is 11.8 Å². The van der Waals surface area contributed by atoms with E-state index >= 15 is 0 Å². The first-order valence-corrected chi connectivity index (χ1v) is 10.7. The van der Waals surface area contributed by atoms with E-state index in [1.54, 1.807) is 17.0 Å². The molecule has 0 saturated heterocycles. The number of guanidine groups is 1. The van der Waals surface area contributed by atoms with Crippen LogP contribution in [0.15, 0.2) is 64.3 Å². The number of aromatic nitrogens is 2. The van der Waals surface area contributed by atoms with Crippen molar-refractivity contribution in [1.82, 2.24) is 14.5 Å². The lowest BCUT2D eigenvalue weighted by molar-refractivity contribution is 0.0862. The molecule has 0 bridgehead atoms. The Morgan fingerprint density at radius 2 is 1.66 bits per heavy atom. The van der Waals surface area contributed by atoms with Crippen molar-refractivity contribution in [3.8, 4) is 0 Å². The van der Waals surface area contributed by atoms with Gasteiger partial charge in [-0.2, -0.15) is 0 Å². The van der Waals surface area contributed by atoms with Crippen LogP contribution in [0.5, 0.6) is 0 Å². The number of thiophene rings is 2. The van der Waals surface area contributed by atoms with Gasteiger partial charge in [-0.05, 0) is 35.0 Å². The van der Waals surface area contributed by atoms with Crippen LogP contribution < -0.4 is 5.32 Å². The number of carbonyl (C=O) groups is 2. The molecular formula is C20H15N5O2S2. The Hall–Kier alpha value is -3.30. The number of rotatable bonds is 3. The fourth-order valence-electron chi connectivity index (χ4n) is 3.21. The van der Waals surface area contributed by atoms with Gasteiger partial charge in [-0.1, -0.05) is 24.3 Å². The number of para-hydroxylation sites is 2. The summed E-state index contributed by atoms with van der Waals surface area (Å²) >= 11 is 2.76. The highest BCUT2D eigenvalue weighted by Crippen LogP contribution is 2.24. The molecule has 9 heteroatoms. The summed E-state index contributed by atoms with van der Waals surface area (Å²) in [4.78, 5) is 37.8. The number of benzene rings is 1. The molecule has 1 amide bonds. The smallest absolute Gasteiger partial charge is 0.275 e. The van der Waals surface area contributed by atoms with E-state index in [1.807, 2.05) is 47.2 Å². The van der Waals surface area contributed by atoms with Crippen LogP contribution in [0.25, 0.3) is 11.0 Å². The van der Waals surface area contributed by atoms with Crippen LogP contribution >= 0.6 is 22.7 Å². The van der Waals surface area contributed by atoms with Crippen molar-refractivity contribution in [1.29, 1.82) is 0 Å². The molecule has 5 rings (SSSR count). The van der Waals surface area contributed by atoms with Gasteiger partial charge in [0.15, 0.2) is 0 Å². The molecule has 4 aromatic rings. The molecule has 1 aliphatic rings. The second kappa shape index (κ2) is 7.26. The molecule has 0 atom stereocenters. The van der Waals surface area contributed by atoms with Gasteiger partial charge < -0.3 is 0 Å². The minimum Gasteiger partial charge on any atom is -0.295 e. The topological polar surface area (TPSA) is 79.6 Å². The highest BCUT2D eigenvalue weighted by molar-refractivity contribution is 7.12. The van der Waals surface area contributed by atoms with Gasteiger partial charge in [0.1, 0.15) is 0 Å². The molecule has 144 valence electrons. The summed E-state index contributed by atoms with van der Waals surface area (Å²) in [6, 6.07) is 14.7. The average molecular weight is 422 g/mol. The van der Waals surface area contributed by atoms with E-state index in [-0.39, 0.29) is 11.8 Å². The molecule has 3 aromatic heterocycles. The molecule has 0 unspecified atom stereocenters. The number of carbonyl (C=O) groups excluding carboxylic acids is 2. The van der Waals surface area contributed by atoms with Gasteiger partial charge in [-0.25, -0.2) is 9.55 Å². The molecule has 0 saturated carbocycles. The highest BCUT2D eigenvalue weighted by Gasteiger charge is 2.28. The van der Waals surface area contributed by atoms with Gasteiger partial charge in [0.2, 0.25) is 11.9 Å². The van der Waals surface area contributed by atoms with Crippen molar-refractivity contribution in [3.63, 3.8) is 0 Å². The first-order valence-electron chi connectivity index (χ1n) is 8.95. The Morgan fingerprint density at radius 1 is 0.931 bits per heavy atom. The van der Waals surface area contributed by atoms with Crippen LogP contribution in [0, 0.1) is 0 Å². The van der Waals surface area contributed by atoms with Gasteiger partial charge in [0.05, 0.1) is 27.3 Å². The predicted molar refractivity (Wildman–Crippen MR) is 115 cm³/mol. The second-order valence-corrected chi connectivity index (χ2v) is 8.20. The lowest BCUT2D eigenvalue weighted by atomic mass is 10.3. The maximum Gasteiger partial charge on any atom is 0.275 e. The monoisotopic (exact) mass is 421 g/mol. The van der Waals surface area contributed by atoms with Gasteiger partial charge in [-0.15, -0.1) is 22.7 Å². The summed E-state index contributed by atoms with van der Waals surface area (Å²) < 4.78 is 1.54. The molecule has 0 radical (unpaired) electrons. The highest BCUT2D eigenvalue weighted by atomic mass is 32.1. The number of nitrogens with zero attached hydrogens (tertiary/aromatic N) is 4. The predicted octanol–water partition coefficient (Wildman–Crippen LogP) is 3.77. The fourth-order valence-corrected chi connectivity index (χ4v) is 4.54. The number of hydrogen-bond acceptors (Lipinski definition) is 7.